The number of esters is 1. The van der Waals surface area contributed by atoms with Crippen molar-refractivity contribution in [1.29, 1.82) is 0 Å². The first-order valence-corrected chi connectivity index (χ1v) is 11.7. The highest BCUT2D eigenvalue weighted by atomic mass is 16.5. The minimum Gasteiger partial charge on any atom is -0.464 e. The van der Waals surface area contributed by atoms with E-state index < -0.39 is 12.0 Å². The number of Topliss-reactive ketones (excluding diaryl/α,β-unsaturated/α-hetero) is 1. The molecule has 0 amide bonds. The van der Waals surface area contributed by atoms with Crippen LogP contribution in [-0.2, 0) is 14.3 Å². The predicted molar refractivity (Wildman–Crippen MR) is 112 cm³/mol. The maximum absolute atomic E-state index is 11.7. The highest BCUT2D eigenvalue weighted by Gasteiger charge is 2.31. The molecule has 1 rings (SSSR count). The van der Waals surface area contributed by atoms with E-state index in [1.807, 2.05) is 0 Å². The third kappa shape index (κ3) is 13.0. The zero-order chi connectivity index (χ0) is 19.6. The van der Waals surface area contributed by atoms with E-state index in [1.54, 1.807) is 0 Å². The summed E-state index contributed by atoms with van der Waals surface area (Å²) >= 11 is 0. The smallest absolute Gasteiger partial charge is 0.330 e. The molecule has 0 unspecified atom stereocenters. The fraction of sp³-hybridized carbons (Fsp3) is 0.913. The van der Waals surface area contributed by atoms with Crippen LogP contribution in [0.1, 0.15) is 116 Å². The van der Waals surface area contributed by atoms with Crippen LogP contribution >= 0.6 is 0 Å². The van der Waals surface area contributed by atoms with Crippen LogP contribution in [0.4, 0.5) is 0 Å². The standard InChI is InChI=1S/C23H43NO3/c1-2-3-4-5-6-7-8-9-10-11-12-13-14-15-16-17-20-27-23(26)22-21(25)18-19-24-22/h22,24H,2-20H2,1H3/t22-/m0/s1. The second-order valence-corrected chi connectivity index (χ2v) is 8.07. The van der Waals surface area contributed by atoms with Gasteiger partial charge in [0.1, 0.15) is 0 Å². The van der Waals surface area contributed by atoms with Gasteiger partial charge < -0.3 is 4.74 Å². The summed E-state index contributed by atoms with van der Waals surface area (Å²) < 4.78 is 5.19. The summed E-state index contributed by atoms with van der Waals surface area (Å²) in [5.74, 6) is -0.426. The largest absolute Gasteiger partial charge is 0.464 e. The van der Waals surface area contributed by atoms with Crippen LogP contribution in [-0.4, -0.2) is 30.9 Å². The van der Waals surface area contributed by atoms with Gasteiger partial charge in [-0.2, -0.15) is 0 Å². The Morgan fingerprint density at radius 2 is 1.26 bits per heavy atom. The van der Waals surface area contributed by atoms with Crippen LogP contribution in [0.3, 0.4) is 0 Å². The Hall–Kier alpha value is -0.900. The van der Waals surface area contributed by atoms with Gasteiger partial charge in [-0.15, -0.1) is 0 Å². The second kappa shape index (κ2) is 17.2. The fourth-order valence-electron chi connectivity index (χ4n) is 3.72. The number of nitrogens with one attached hydrogen (secondary N) is 1. The normalized spacial score (nSPS) is 16.8. The Bertz CT molecular complexity index is 384. The summed E-state index contributed by atoms with van der Waals surface area (Å²) in [5, 5.41) is 2.89. The average molecular weight is 382 g/mol. The Balaban J connectivity index is 1.73. The topological polar surface area (TPSA) is 55.4 Å². The molecular weight excluding hydrogens is 338 g/mol. The lowest BCUT2D eigenvalue weighted by molar-refractivity contribution is -0.148. The van der Waals surface area contributed by atoms with Gasteiger partial charge >= 0.3 is 5.97 Å². The molecule has 4 nitrogen and oxygen atoms in total. The van der Waals surface area contributed by atoms with Crippen molar-refractivity contribution >= 4 is 11.8 Å². The van der Waals surface area contributed by atoms with Gasteiger partial charge in [-0.3, -0.25) is 10.1 Å². The highest BCUT2D eigenvalue weighted by Crippen LogP contribution is 2.13. The number of hydrogen-bond donors (Lipinski definition) is 1. The van der Waals surface area contributed by atoms with Crippen LogP contribution in [0.2, 0.25) is 0 Å². The van der Waals surface area contributed by atoms with E-state index in [4.69, 9.17) is 4.74 Å². The van der Waals surface area contributed by atoms with Crippen molar-refractivity contribution in [1.82, 2.24) is 5.32 Å². The molecule has 0 bridgehead atoms. The van der Waals surface area contributed by atoms with Gasteiger partial charge in [0.05, 0.1) is 6.61 Å². The second-order valence-electron chi connectivity index (χ2n) is 8.07. The first-order valence-electron chi connectivity index (χ1n) is 11.7. The van der Waals surface area contributed by atoms with Gasteiger partial charge in [0.25, 0.3) is 0 Å². The fourth-order valence-corrected chi connectivity index (χ4v) is 3.72. The van der Waals surface area contributed by atoms with E-state index in [1.165, 1.54) is 89.9 Å². The summed E-state index contributed by atoms with van der Waals surface area (Å²) in [6.07, 6.45) is 21.8. The van der Waals surface area contributed by atoms with Crippen molar-refractivity contribution in [2.24, 2.45) is 0 Å². The van der Waals surface area contributed by atoms with Gasteiger partial charge in [0.15, 0.2) is 11.8 Å². The number of ketones is 1. The molecule has 4 heteroatoms. The molecule has 0 aromatic rings. The molecule has 0 spiro atoms. The molecule has 27 heavy (non-hydrogen) atoms. The number of hydrogen-bond acceptors (Lipinski definition) is 4. The first kappa shape index (κ1) is 24.1. The zero-order valence-electron chi connectivity index (χ0n) is 17.7. The van der Waals surface area contributed by atoms with E-state index in [0.717, 1.165) is 12.8 Å². The molecule has 1 heterocycles. The molecule has 0 aromatic carbocycles. The molecule has 1 aliphatic rings. The lowest BCUT2D eigenvalue weighted by Crippen LogP contribution is -2.37. The SMILES string of the molecule is CCCCCCCCCCCCCCCCCCOC(=O)[C@H]1NCCC1=O. The highest BCUT2D eigenvalue weighted by molar-refractivity contribution is 6.04. The van der Waals surface area contributed by atoms with Crippen LogP contribution in [0.5, 0.6) is 0 Å². The van der Waals surface area contributed by atoms with Crippen molar-refractivity contribution in [2.45, 2.75) is 122 Å². The van der Waals surface area contributed by atoms with Gasteiger partial charge in [0.2, 0.25) is 0 Å². The van der Waals surface area contributed by atoms with Gasteiger partial charge in [0, 0.05) is 13.0 Å². The van der Waals surface area contributed by atoms with E-state index in [-0.39, 0.29) is 5.78 Å². The van der Waals surface area contributed by atoms with Gasteiger partial charge in [-0.05, 0) is 6.42 Å². The first-order chi connectivity index (χ1) is 13.3. The molecule has 158 valence electrons. The summed E-state index contributed by atoms with van der Waals surface area (Å²) in [4.78, 5) is 23.1. The van der Waals surface area contributed by atoms with Gasteiger partial charge in [-0.25, -0.2) is 4.79 Å². The van der Waals surface area contributed by atoms with Crippen molar-refractivity contribution in [3.63, 3.8) is 0 Å². The number of ether oxygens (including phenoxy) is 1. The third-order valence-electron chi connectivity index (χ3n) is 5.52. The molecule has 1 aliphatic heterocycles. The lowest BCUT2D eigenvalue weighted by Gasteiger charge is -2.09. The Morgan fingerprint density at radius 1 is 0.815 bits per heavy atom. The van der Waals surface area contributed by atoms with E-state index in [2.05, 4.69) is 12.2 Å². The molecule has 1 N–H and O–H groups in total. The number of rotatable bonds is 18. The van der Waals surface area contributed by atoms with Crippen LogP contribution in [0.15, 0.2) is 0 Å². The van der Waals surface area contributed by atoms with Crippen LogP contribution in [0.25, 0.3) is 0 Å². The average Bonchev–Trinajstić information content (AvgIpc) is 3.10. The molecule has 0 radical (unpaired) electrons. The monoisotopic (exact) mass is 381 g/mol. The molecule has 1 saturated heterocycles. The minimum atomic E-state index is -0.703. The quantitative estimate of drug-likeness (QED) is 0.187. The summed E-state index contributed by atoms with van der Waals surface area (Å²) in [5.41, 5.74) is 0. The predicted octanol–water partition coefficient (Wildman–Crippen LogP) is 5.72. The van der Waals surface area contributed by atoms with E-state index >= 15 is 0 Å². The van der Waals surface area contributed by atoms with Crippen molar-refractivity contribution < 1.29 is 14.3 Å². The Kier molecular flexibility index (Phi) is 15.4. The van der Waals surface area contributed by atoms with Crippen LogP contribution < -0.4 is 5.32 Å². The number of carbonyl (C=O) groups excluding carboxylic acids is 2. The van der Waals surface area contributed by atoms with Crippen molar-refractivity contribution in [3.8, 4) is 0 Å². The Morgan fingerprint density at radius 3 is 1.67 bits per heavy atom. The third-order valence-corrected chi connectivity index (χ3v) is 5.52. The van der Waals surface area contributed by atoms with Crippen molar-refractivity contribution in [3.05, 3.63) is 0 Å². The van der Waals surface area contributed by atoms with Crippen LogP contribution in [0, 0.1) is 0 Å². The number of unbranched alkanes of at least 4 members (excludes halogenated alkanes) is 15. The van der Waals surface area contributed by atoms with Crippen molar-refractivity contribution in [2.75, 3.05) is 13.2 Å². The molecule has 0 saturated carbocycles. The summed E-state index contributed by atoms with van der Waals surface area (Å²) in [7, 11) is 0. The Labute approximate surface area is 167 Å². The van der Waals surface area contributed by atoms with E-state index in [0.29, 0.717) is 19.6 Å². The number of carbonyl (C=O) groups is 2. The lowest BCUT2D eigenvalue weighted by atomic mass is 10.0. The molecule has 1 atom stereocenters. The minimum absolute atomic E-state index is 0.0352. The maximum Gasteiger partial charge on any atom is 0.330 e. The van der Waals surface area contributed by atoms with Gasteiger partial charge in [-0.1, -0.05) is 103 Å². The summed E-state index contributed by atoms with van der Waals surface area (Å²) in [6.45, 7) is 3.32. The molecular formula is C23H43NO3. The maximum atomic E-state index is 11.7. The molecule has 0 aromatic heterocycles. The zero-order valence-corrected chi connectivity index (χ0v) is 17.7. The summed E-state index contributed by atoms with van der Waals surface area (Å²) in [6, 6.07) is -0.703. The molecule has 1 fully saturated rings. The molecule has 0 aliphatic carbocycles. The van der Waals surface area contributed by atoms with E-state index in [9.17, 15) is 9.59 Å².